The van der Waals surface area contributed by atoms with Gasteiger partial charge >= 0.3 is 6.18 Å². The second-order valence-corrected chi connectivity index (χ2v) is 4.41. The Morgan fingerprint density at radius 3 is 2.45 bits per heavy atom. The van der Waals surface area contributed by atoms with Crippen LogP contribution in [0, 0.1) is 6.92 Å². The summed E-state index contributed by atoms with van der Waals surface area (Å²) in [5, 5.41) is 0. The first kappa shape index (κ1) is 14.2. The monoisotopic (exact) mass is 281 g/mol. The van der Waals surface area contributed by atoms with Crippen LogP contribution < -0.4 is 10.5 Å². The van der Waals surface area contributed by atoms with Crippen molar-refractivity contribution in [2.75, 3.05) is 5.73 Å². The Morgan fingerprint density at radius 2 is 1.75 bits per heavy atom. The zero-order valence-corrected chi connectivity index (χ0v) is 10.9. The molecule has 0 bridgehead atoms. The lowest BCUT2D eigenvalue weighted by atomic mass is 10.1. The predicted molar refractivity (Wildman–Crippen MR) is 71.4 cm³/mol. The molecule has 106 valence electrons. The molecule has 0 atom stereocenters. The van der Waals surface area contributed by atoms with Crippen molar-refractivity contribution in [3.05, 3.63) is 59.2 Å². The van der Waals surface area contributed by atoms with Crippen LogP contribution in [0.25, 0.3) is 0 Å². The van der Waals surface area contributed by atoms with Gasteiger partial charge < -0.3 is 10.5 Å². The molecule has 2 aromatic carbocycles. The van der Waals surface area contributed by atoms with E-state index >= 15 is 0 Å². The van der Waals surface area contributed by atoms with Crippen LogP contribution in [0.4, 0.5) is 18.9 Å². The van der Waals surface area contributed by atoms with Crippen molar-refractivity contribution in [1.29, 1.82) is 0 Å². The van der Waals surface area contributed by atoms with Gasteiger partial charge in [-0.25, -0.2) is 0 Å². The maximum atomic E-state index is 12.8. The molecule has 0 unspecified atom stereocenters. The Kier molecular flexibility index (Phi) is 3.88. The number of rotatable bonds is 3. The van der Waals surface area contributed by atoms with E-state index in [-0.39, 0.29) is 12.4 Å². The van der Waals surface area contributed by atoms with E-state index in [0.717, 1.165) is 17.2 Å². The number of nitrogen functional groups attached to an aromatic ring is 1. The number of hydrogen-bond donors (Lipinski definition) is 1. The SMILES string of the molecule is Cc1c(N)cccc1COc1ccccc1C(F)(F)F. The van der Waals surface area contributed by atoms with Crippen molar-refractivity contribution in [3.63, 3.8) is 0 Å². The van der Waals surface area contributed by atoms with Gasteiger partial charge in [0.05, 0.1) is 5.56 Å². The highest BCUT2D eigenvalue weighted by Gasteiger charge is 2.33. The summed E-state index contributed by atoms with van der Waals surface area (Å²) in [5.41, 5.74) is 7.15. The fourth-order valence-electron chi connectivity index (χ4n) is 1.84. The maximum Gasteiger partial charge on any atom is 0.419 e. The standard InChI is InChI=1S/C15H14F3NO/c1-10-11(5-4-7-13(10)19)9-20-14-8-3-2-6-12(14)15(16,17)18/h2-8H,9,19H2,1H3. The van der Waals surface area contributed by atoms with Gasteiger partial charge in [0.2, 0.25) is 0 Å². The van der Waals surface area contributed by atoms with Crippen LogP contribution >= 0.6 is 0 Å². The number of benzene rings is 2. The zero-order valence-electron chi connectivity index (χ0n) is 10.9. The van der Waals surface area contributed by atoms with Crippen molar-refractivity contribution < 1.29 is 17.9 Å². The molecule has 2 nitrogen and oxygen atoms in total. The number of nitrogens with two attached hydrogens (primary N) is 1. The van der Waals surface area contributed by atoms with Crippen LogP contribution in [0.1, 0.15) is 16.7 Å². The molecular weight excluding hydrogens is 267 g/mol. The number of para-hydroxylation sites is 1. The summed E-state index contributed by atoms with van der Waals surface area (Å²) < 4.78 is 43.8. The van der Waals surface area contributed by atoms with Crippen LogP contribution in [0.3, 0.4) is 0 Å². The maximum absolute atomic E-state index is 12.8. The van der Waals surface area contributed by atoms with Gasteiger partial charge in [0.25, 0.3) is 0 Å². The summed E-state index contributed by atoms with van der Waals surface area (Å²) in [6.45, 7) is 1.85. The molecule has 2 N–H and O–H groups in total. The zero-order chi connectivity index (χ0) is 14.8. The summed E-state index contributed by atoms with van der Waals surface area (Å²) in [7, 11) is 0. The van der Waals surface area contributed by atoms with Crippen molar-refractivity contribution in [2.45, 2.75) is 19.7 Å². The normalized spacial score (nSPS) is 11.4. The van der Waals surface area contributed by atoms with Crippen molar-refractivity contribution in [2.24, 2.45) is 0 Å². The molecule has 2 rings (SSSR count). The minimum atomic E-state index is -4.43. The van der Waals surface area contributed by atoms with Crippen molar-refractivity contribution in [3.8, 4) is 5.75 Å². The number of alkyl halides is 3. The molecule has 0 aliphatic rings. The Labute approximate surface area is 115 Å². The quantitative estimate of drug-likeness (QED) is 0.857. The lowest BCUT2D eigenvalue weighted by Gasteiger charge is -2.15. The molecule has 2 aromatic rings. The molecule has 0 aliphatic carbocycles. The number of hydrogen-bond acceptors (Lipinski definition) is 2. The van der Waals surface area contributed by atoms with Crippen molar-refractivity contribution >= 4 is 5.69 Å². The number of anilines is 1. The Balaban J connectivity index is 2.22. The third-order valence-corrected chi connectivity index (χ3v) is 3.06. The molecule has 0 spiro atoms. The first-order valence-electron chi connectivity index (χ1n) is 6.02. The Bertz CT molecular complexity index is 608. The van der Waals surface area contributed by atoms with Gasteiger partial charge in [-0.05, 0) is 36.2 Å². The summed E-state index contributed by atoms with van der Waals surface area (Å²) >= 11 is 0. The fraction of sp³-hybridized carbons (Fsp3) is 0.200. The van der Waals surface area contributed by atoms with Crippen LogP contribution in [0.15, 0.2) is 42.5 Å². The van der Waals surface area contributed by atoms with E-state index in [1.807, 2.05) is 6.92 Å². The smallest absolute Gasteiger partial charge is 0.419 e. The van der Waals surface area contributed by atoms with E-state index in [4.69, 9.17) is 10.5 Å². The first-order valence-corrected chi connectivity index (χ1v) is 6.02. The molecule has 20 heavy (non-hydrogen) atoms. The van der Waals surface area contributed by atoms with Gasteiger partial charge in [-0.2, -0.15) is 13.2 Å². The van der Waals surface area contributed by atoms with Crippen LogP contribution in [0.2, 0.25) is 0 Å². The third-order valence-electron chi connectivity index (χ3n) is 3.06. The molecular formula is C15H14F3NO. The minimum absolute atomic E-state index is 0.0456. The second kappa shape index (κ2) is 5.45. The number of ether oxygens (including phenoxy) is 1. The minimum Gasteiger partial charge on any atom is -0.488 e. The summed E-state index contributed by atoms with van der Waals surface area (Å²) in [4.78, 5) is 0. The van der Waals surface area contributed by atoms with E-state index in [1.54, 1.807) is 18.2 Å². The summed E-state index contributed by atoms with van der Waals surface area (Å²) in [6.07, 6.45) is -4.43. The van der Waals surface area contributed by atoms with Crippen molar-refractivity contribution in [1.82, 2.24) is 0 Å². The largest absolute Gasteiger partial charge is 0.488 e. The van der Waals surface area contributed by atoms with Crippen LogP contribution in [-0.2, 0) is 12.8 Å². The highest BCUT2D eigenvalue weighted by molar-refractivity contribution is 5.50. The van der Waals surface area contributed by atoms with Gasteiger partial charge in [0.15, 0.2) is 0 Å². The van der Waals surface area contributed by atoms with E-state index in [0.29, 0.717) is 5.69 Å². The van der Waals surface area contributed by atoms with Gasteiger partial charge in [-0.1, -0.05) is 24.3 Å². The number of halogens is 3. The molecule has 0 amide bonds. The van der Waals surface area contributed by atoms with E-state index in [2.05, 4.69) is 0 Å². The molecule has 0 saturated carbocycles. The third kappa shape index (κ3) is 3.04. The average Bonchev–Trinajstić information content (AvgIpc) is 2.40. The lowest BCUT2D eigenvalue weighted by Crippen LogP contribution is -2.09. The summed E-state index contributed by atoms with van der Waals surface area (Å²) in [5.74, 6) is -0.179. The van der Waals surface area contributed by atoms with E-state index in [1.165, 1.54) is 18.2 Å². The Hall–Kier alpha value is -2.17. The lowest BCUT2D eigenvalue weighted by molar-refractivity contribution is -0.139. The molecule has 0 heterocycles. The topological polar surface area (TPSA) is 35.2 Å². The van der Waals surface area contributed by atoms with Gasteiger partial charge in [0, 0.05) is 5.69 Å². The molecule has 0 saturated heterocycles. The van der Waals surface area contributed by atoms with Crippen LogP contribution in [-0.4, -0.2) is 0 Å². The molecule has 5 heteroatoms. The highest BCUT2D eigenvalue weighted by Crippen LogP contribution is 2.36. The van der Waals surface area contributed by atoms with Gasteiger partial charge in [0.1, 0.15) is 12.4 Å². The molecule has 0 radical (unpaired) electrons. The van der Waals surface area contributed by atoms with Gasteiger partial charge in [-0.3, -0.25) is 0 Å². The van der Waals surface area contributed by atoms with Gasteiger partial charge in [-0.15, -0.1) is 0 Å². The predicted octanol–water partition coefficient (Wildman–Crippen LogP) is 4.18. The van der Waals surface area contributed by atoms with E-state index in [9.17, 15) is 13.2 Å². The molecule has 0 aromatic heterocycles. The molecule has 0 fully saturated rings. The first-order chi connectivity index (χ1) is 9.39. The molecule has 0 aliphatic heterocycles. The summed E-state index contributed by atoms with van der Waals surface area (Å²) in [6, 6.07) is 10.4. The average molecular weight is 281 g/mol. The fourth-order valence-corrected chi connectivity index (χ4v) is 1.84. The van der Waals surface area contributed by atoms with Crippen LogP contribution in [0.5, 0.6) is 5.75 Å². The second-order valence-electron chi connectivity index (χ2n) is 4.41. The highest BCUT2D eigenvalue weighted by atomic mass is 19.4. The Morgan fingerprint density at radius 1 is 1.05 bits per heavy atom. The van der Waals surface area contributed by atoms with E-state index < -0.39 is 11.7 Å².